The van der Waals surface area contributed by atoms with Crippen LogP contribution < -0.4 is 26.6 Å². The highest BCUT2D eigenvalue weighted by atomic mass is 16.4. The Morgan fingerprint density at radius 3 is 1.77 bits per heavy atom. The van der Waals surface area contributed by atoms with E-state index in [1.54, 1.807) is 38.1 Å². The van der Waals surface area contributed by atoms with Crippen molar-refractivity contribution in [3.05, 3.63) is 30.0 Å². The molecule has 0 aliphatic carbocycles. The predicted molar refractivity (Wildman–Crippen MR) is 187 cm³/mol. The zero-order valence-electron chi connectivity index (χ0n) is 29.8. The van der Waals surface area contributed by atoms with E-state index in [0.29, 0.717) is 50.5 Å². The minimum Gasteiger partial charge on any atom is -0.480 e. The van der Waals surface area contributed by atoms with Crippen molar-refractivity contribution in [2.75, 3.05) is 96.7 Å². The van der Waals surface area contributed by atoms with E-state index in [4.69, 9.17) is 10.2 Å². The van der Waals surface area contributed by atoms with Crippen LogP contribution in [0.5, 0.6) is 0 Å². The summed E-state index contributed by atoms with van der Waals surface area (Å²) in [5.74, 6) is -4.66. The maximum Gasteiger partial charge on any atom is 0.317 e. The molecule has 2 heterocycles. The standard InChI is InChI=1S/C31H49N11O10/c1-32-23-16-40(4)29(37-23)31(52)36-21-13-22(39(3)15-21)30(51)35-14-24(43)33-7-5-9-38(2)10-6-8-34-25(44)17-41(18-26(45)46)11-12-42(19-27(47)48)20-28(49)50/h13,15-16,32H,5-12,14,17-20H2,1-4H3,(H,33,43)(H,34,44)(H,35,51)(H,36,52)(H,45,46)(H,47,48)(H,49,50). The third-order valence-electron chi connectivity index (χ3n) is 7.49. The fourth-order valence-electron chi connectivity index (χ4n) is 4.97. The fourth-order valence-corrected chi connectivity index (χ4v) is 4.97. The summed E-state index contributed by atoms with van der Waals surface area (Å²) in [6, 6.07) is 1.49. The molecule has 0 atom stereocenters. The number of imidazole rings is 1. The van der Waals surface area contributed by atoms with Gasteiger partial charge in [0.25, 0.3) is 11.8 Å². The molecule has 4 amide bonds. The maximum atomic E-state index is 12.7. The van der Waals surface area contributed by atoms with Gasteiger partial charge in [0.2, 0.25) is 17.6 Å². The number of carbonyl (C=O) groups excluding carboxylic acids is 4. The van der Waals surface area contributed by atoms with E-state index >= 15 is 0 Å². The van der Waals surface area contributed by atoms with Crippen molar-refractivity contribution < 1.29 is 48.9 Å². The van der Waals surface area contributed by atoms with Gasteiger partial charge < -0.3 is 55.9 Å². The molecular formula is C31H49N11O10. The van der Waals surface area contributed by atoms with Crippen molar-refractivity contribution >= 4 is 53.0 Å². The lowest BCUT2D eigenvalue weighted by atomic mass is 10.3. The number of carboxylic acids is 3. The number of amides is 4. The van der Waals surface area contributed by atoms with E-state index in [0.717, 1.165) is 4.90 Å². The lowest BCUT2D eigenvalue weighted by molar-refractivity contribution is -0.143. The lowest BCUT2D eigenvalue weighted by Gasteiger charge is -2.24. The number of carbonyl (C=O) groups is 7. The fraction of sp³-hybridized carbons (Fsp3) is 0.548. The molecule has 2 rings (SSSR count). The molecule has 21 heteroatoms. The Kier molecular flexibility index (Phi) is 17.7. The number of nitrogens with zero attached hydrogens (tertiary/aromatic N) is 6. The van der Waals surface area contributed by atoms with Crippen LogP contribution in [0.2, 0.25) is 0 Å². The summed E-state index contributed by atoms with van der Waals surface area (Å²) >= 11 is 0. The molecule has 0 spiro atoms. The molecule has 2 aromatic rings. The van der Waals surface area contributed by atoms with Crippen LogP contribution in [-0.4, -0.2) is 172 Å². The third kappa shape index (κ3) is 16.0. The summed E-state index contributed by atoms with van der Waals surface area (Å²) in [7, 11) is 6.90. The van der Waals surface area contributed by atoms with Gasteiger partial charge in [0, 0.05) is 59.7 Å². The summed E-state index contributed by atoms with van der Waals surface area (Å²) < 4.78 is 3.10. The summed E-state index contributed by atoms with van der Waals surface area (Å²) in [5.41, 5.74) is 0.630. The first-order chi connectivity index (χ1) is 24.6. The highest BCUT2D eigenvalue weighted by molar-refractivity contribution is 6.03. The van der Waals surface area contributed by atoms with Crippen LogP contribution in [0.3, 0.4) is 0 Å². The molecular weight excluding hydrogens is 686 g/mol. The van der Waals surface area contributed by atoms with E-state index in [-0.39, 0.29) is 43.6 Å². The van der Waals surface area contributed by atoms with Crippen molar-refractivity contribution in [3.63, 3.8) is 0 Å². The van der Waals surface area contributed by atoms with E-state index in [1.165, 1.54) is 15.5 Å². The molecule has 0 fully saturated rings. The molecule has 0 unspecified atom stereocenters. The van der Waals surface area contributed by atoms with Crippen molar-refractivity contribution in [2.45, 2.75) is 12.8 Å². The first kappa shape index (κ1) is 42.6. The Balaban J connectivity index is 1.64. The first-order valence-corrected chi connectivity index (χ1v) is 16.4. The third-order valence-corrected chi connectivity index (χ3v) is 7.49. The topological polar surface area (TPSA) is 273 Å². The van der Waals surface area contributed by atoms with Gasteiger partial charge in [0.1, 0.15) is 11.5 Å². The van der Waals surface area contributed by atoms with Gasteiger partial charge in [-0.25, -0.2) is 4.98 Å². The number of rotatable bonds is 25. The SMILES string of the molecule is CNc1cn(C)c(C(=O)Nc2cc(C(=O)NCC(=O)NCCCN(C)CCCNC(=O)CN(CCN(CC(=O)O)CC(=O)O)CC(=O)O)n(C)c2)n1. The number of anilines is 2. The van der Waals surface area contributed by atoms with Crippen LogP contribution in [0.25, 0.3) is 0 Å². The van der Waals surface area contributed by atoms with Gasteiger partial charge in [0.05, 0.1) is 38.4 Å². The first-order valence-electron chi connectivity index (χ1n) is 16.4. The number of aryl methyl sites for hydroxylation is 2. The zero-order valence-corrected chi connectivity index (χ0v) is 29.8. The monoisotopic (exact) mass is 735 g/mol. The Labute approximate surface area is 300 Å². The predicted octanol–water partition coefficient (Wildman–Crippen LogP) is -2.42. The number of aliphatic carboxylic acids is 3. The van der Waals surface area contributed by atoms with Gasteiger partial charge >= 0.3 is 17.9 Å². The minimum absolute atomic E-state index is 0.0211. The molecule has 2 aromatic heterocycles. The summed E-state index contributed by atoms with van der Waals surface area (Å²) in [6.45, 7) is -0.171. The van der Waals surface area contributed by atoms with Crippen LogP contribution in [-0.2, 0) is 38.1 Å². The smallest absolute Gasteiger partial charge is 0.317 e. The highest BCUT2D eigenvalue weighted by Crippen LogP contribution is 2.15. The average molecular weight is 736 g/mol. The van der Waals surface area contributed by atoms with E-state index in [9.17, 15) is 38.7 Å². The summed E-state index contributed by atoms with van der Waals surface area (Å²) in [5, 5.41) is 40.7. The lowest BCUT2D eigenvalue weighted by Crippen LogP contribution is -2.45. The molecule has 0 aliphatic rings. The molecule has 0 aliphatic heterocycles. The largest absolute Gasteiger partial charge is 0.480 e. The van der Waals surface area contributed by atoms with Crippen molar-refractivity contribution in [1.82, 2.24) is 44.8 Å². The maximum absolute atomic E-state index is 12.7. The second-order valence-corrected chi connectivity index (χ2v) is 12.0. The Morgan fingerprint density at radius 1 is 0.712 bits per heavy atom. The van der Waals surface area contributed by atoms with Gasteiger partial charge in [-0.3, -0.25) is 43.4 Å². The average Bonchev–Trinajstić information content (AvgIpc) is 3.63. The minimum atomic E-state index is -1.23. The van der Waals surface area contributed by atoms with E-state index in [1.807, 2.05) is 11.9 Å². The van der Waals surface area contributed by atoms with Crippen molar-refractivity contribution in [2.24, 2.45) is 14.1 Å². The second kappa shape index (κ2) is 21.6. The van der Waals surface area contributed by atoms with E-state index in [2.05, 4.69) is 31.6 Å². The Hall–Kier alpha value is -5.54. The molecule has 0 radical (unpaired) electrons. The molecule has 288 valence electrons. The normalized spacial score (nSPS) is 11.1. The van der Waals surface area contributed by atoms with Crippen molar-refractivity contribution in [1.29, 1.82) is 0 Å². The zero-order chi connectivity index (χ0) is 38.8. The summed E-state index contributed by atoms with van der Waals surface area (Å²) in [6.07, 6.45) is 4.46. The second-order valence-electron chi connectivity index (χ2n) is 12.0. The van der Waals surface area contributed by atoms with Gasteiger partial charge in [-0.05, 0) is 39.0 Å². The number of hydrogen-bond acceptors (Lipinski definition) is 12. The summed E-state index contributed by atoms with van der Waals surface area (Å²) in [4.78, 5) is 91.9. The number of nitrogens with one attached hydrogen (secondary N) is 5. The molecule has 21 nitrogen and oxygen atoms in total. The van der Waals surface area contributed by atoms with Crippen LogP contribution in [0, 0.1) is 0 Å². The number of hydrogen-bond donors (Lipinski definition) is 8. The molecule has 0 aromatic carbocycles. The van der Waals surface area contributed by atoms with Gasteiger partial charge in [0.15, 0.2) is 0 Å². The highest BCUT2D eigenvalue weighted by Gasteiger charge is 2.20. The van der Waals surface area contributed by atoms with Gasteiger partial charge in [-0.15, -0.1) is 0 Å². The molecule has 0 bridgehead atoms. The number of carboxylic acid groups (broad SMARTS) is 3. The Bertz CT molecular complexity index is 1540. The van der Waals surface area contributed by atoms with Crippen LogP contribution in [0.1, 0.15) is 33.9 Å². The quantitative estimate of drug-likeness (QED) is 0.0493. The van der Waals surface area contributed by atoms with E-state index < -0.39 is 55.3 Å². The van der Waals surface area contributed by atoms with Gasteiger partial charge in [-0.2, -0.15) is 0 Å². The van der Waals surface area contributed by atoms with Crippen LogP contribution in [0.4, 0.5) is 11.5 Å². The molecule has 52 heavy (non-hydrogen) atoms. The van der Waals surface area contributed by atoms with Crippen molar-refractivity contribution in [3.8, 4) is 0 Å². The Morgan fingerprint density at radius 2 is 1.25 bits per heavy atom. The van der Waals surface area contributed by atoms with Gasteiger partial charge in [-0.1, -0.05) is 0 Å². The number of aromatic nitrogens is 3. The van der Waals surface area contributed by atoms with Crippen LogP contribution in [0.15, 0.2) is 18.5 Å². The van der Waals surface area contributed by atoms with Crippen LogP contribution >= 0.6 is 0 Å². The molecule has 0 saturated carbocycles. The molecule has 0 saturated heterocycles. The molecule has 8 N–H and O–H groups in total.